The van der Waals surface area contributed by atoms with Gasteiger partial charge < -0.3 is 23.7 Å². The zero-order valence-corrected chi connectivity index (χ0v) is 13.6. The molecule has 1 aliphatic heterocycles. The second kappa shape index (κ2) is 8.57. The average molecular weight is 350 g/mol. The lowest BCUT2D eigenvalue weighted by Gasteiger charge is -2.26. The van der Waals surface area contributed by atoms with Crippen LogP contribution in [0.1, 0.15) is 27.7 Å². The van der Waals surface area contributed by atoms with Gasteiger partial charge in [-0.1, -0.05) is 0 Å². The quantitative estimate of drug-likeness (QED) is 0.483. The third kappa shape index (κ3) is 5.44. The molecule has 9 nitrogen and oxygen atoms in total. The van der Waals surface area contributed by atoms with Crippen molar-refractivity contribution in [1.29, 1.82) is 0 Å². The summed E-state index contributed by atoms with van der Waals surface area (Å²) in [6.07, 6.45) is -6.85. The van der Waals surface area contributed by atoms with E-state index < -0.39 is 61.3 Å². The third-order valence-electron chi connectivity index (χ3n) is 2.93. The summed E-state index contributed by atoms with van der Waals surface area (Å²) in [6, 6.07) is 0. The van der Waals surface area contributed by atoms with Gasteiger partial charge in [0.1, 0.15) is 12.8 Å². The summed E-state index contributed by atoms with van der Waals surface area (Å²) in [6.45, 7) is 3.16. The van der Waals surface area contributed by atoms with E-state index in [1.54, 1.807) is 0 Å². The Bertz CT molecular complexity index is 506. The van der Waals surface area contributed by atoms with Crippen LogP contribution in [-0.4, -0.2) is 61.3 Å². The highest BCUT2D eigenvalue weighted by Crippen LogP contribution is 2.31. The summed E-state index contributed by atoms with van der Waals surface area (Å²) in [7, 11) is 0. The van der Waals surface area contributed by atoms with Crippen LogP contribution in [0.2, 0.25) is 0 Å². The van der Waals surface area contributed by atoms with E-state index in [0.717, 1.165) is 27.7 Å². The van der Waals surface area contributed by atoms with Gasteiger partial charge in [-0.2, -0.15) is 0 Å². The predicted octanol–water partition coefficient (Wildman–Crippen LogP) is 0.0390. The van der Waals surface area contributed by atoms with Gasteiger partial charge in [0.25, 0.3) is 0 Å². The van der Waals surface area contributed by atoms with Crippen molar-refractivity contribution in [3.8, 4) is 0 Å². The van der Waals surface area contributed by atoms with E-state index in [4.69, 9.17) is 23.7 Å². The van der Waals surface area contributed by atoms with Gasteiger partial charge in [0.05, 0.1) is 0 Å². The average Bonchev–Trinajstić information content (AvgIpc) is 2.72. The number of carbonyl (C=O) groups excluding carboxylic acids is 4. The molecule has 1 rings (SSSR count). The van der Waals surface area contributed by atoms with Crippen LogP contribution in [-0.2, 0) is 42.9 Å². The highest BCUT2D eigenvalue weighted by molar-refractivity contribution is 5.68. The smallest absolute Gasteiger partial charge is 0.305 e. The maximum absolute atomic E-state index is 13.2. The Morgan fingerprint density at radius 3 is 1.79 bits per heavy atom. The van der Waals surface area contributed by atoms with Crippen molar-refractivity contribution in [2.75, 3.05) is 6.67 Å². The van der Waals surface area contributed by atoms with Crippen LogP contribution in [0.15, 0.2) is 0 Å². The largest absolute Gasteiger partial charge is 0.457 e. The molecular formula is C14H19FO9. The Morgan fingerprint density at radius 2 is 1.38 bits per heavy atom. The predicted molar refractivity (Wildman–Crippen MR) is 73.1 cm³/mol. The molecule has 0 radical (unpaired) electrons. The maximum atomic E-state index is 13.2. The molecule has 0 aromatic carbocycles. The molecule has 0 amide bonds. The number of carbonyl (C=O) groups is 4. The number of hydrogen-bond acceptors (Lipinski definition) is 9. The topological polar surface area (TPSA) is 114 Å². The number of alkyl halides is 1. The molecule has 1 saturated heterocycles. The summed E-state index contributed by atoms with van der Waals surface area (Å²) in [5.74, 6) is -3.08. The molecule has 0 unspecified atom stereocenters. The van der Waals surface area contributed by atoms with Gasteiger partial charge in [-0.3, -0.25) is 19.2 Å². The lowest BCUT2D eigenvalue weighted by molar-refractivity contribution is -0.201. The molecule has 24 heavy (non-hydrogen) atoms. The molecule has 136 valence electrons. The summed E-state index contributed by atoms with van der Waals surface area (Å²) in [5, 5.41) is 0. The van der Waals surface area contributed by atoms with E-state index >= 15 is 0 Å². The molecule has 10 heteroatoms. The van der Waals surface area contributed by atoms with E-state index in [-0.39, 0.29) is 0 Å². The second-order valence-electron chi connectivity index (χ2n) is 5.03. The fourth-order valence-electron chi connectivity index (χ4n) is 2.25. The molecule has 0 aliphatic carbocycles. The fourth-order valence-corrected chi connectivity index (χ4v) is 2.25. The lowest BCUT2D eigenvalue weighted by atomic mass is 10.1. The standard InChI is InChI=1S/C14H19FO9/c1-6(16)20-10(5-15)11-12(21-7(2)17)13(22-8(3)18)14(24-11)23-9(4)19/h10-14H,5H2,1-4H3/t10-,11+,12+,13-,14-/m1/s1. The molecule has 0 aromatic rings. The lowest BCUT2D eigenvalue weighted by Crippen LogP contribution is -2.46. The highest BCUT2D eigenvalue weighted by Gasteiger charge is 2.54. The maximum Gasteiger partial charge on any atom is 0.305 e. The zero-order valence-electron chi connectivity index (χ0n) is 13.6. The van der Waals surface area contributed by atoms with Crippen molar-refractivity contribution in [2.24, 2.45) is 0 Å². The van der Waals surface area contributed by atoms with E-state index in [1.807, 2.05) is 0 Å². The normalized spacial score (nSPS) is 27.0. The van der Waals surface area contributed by atoms with Gasteiger partial charge in [0, 0.05) is 27.7 Å². The fraction of sp³-hybridized carbons (Fsp3) is 0.714. The summed E-state index contributed by atoms with van der Waals surface area (Å²) in [4.78, 5) is 44.8. The van der Waals surface area contributed by atoms with Crippen LogP contribution in [0, 0.1) is 0 Å². The minimum atomic E-state index is -1.44. The first-order valence-electron chi connectivity index (χ1n) is 7.06. The first kappa shape index (κ1) is 19.8. The van der Waals surface area contributed by atoms with Crippen LogP contribution in [0.25, 0.3) is 0 Å². The first-order valence-corrected chi connectivity index (χ1v) is 7.06. The minimum absolute atomic E-state index is 0.760. The summed E-state index contributed by atoms with van der Waals surface area (Å²) >= 11 is 0. The Morgan fingerprint density at radius 1 is 0.875 bits per heavy atom. The van der Waals surface area contributed by atoms with Crippen molar-refractivity contribution in [3.63, 3.8) is 0 Å². The van der Waals surface area contributed by atoms with Gasteiger partial charge in [-0.25, -0.2) is 4.39 Å². The van der Waals surface area contributed by atoms with Crippen LogP contribution in [0.5, 0.6) is 0 Å². The molecule has 0 N–H and O–H groups in total. The minimum Gasteiger partial charge on any atom is -0.457 e. The SMILES string of the molecule is CC(=O)O[C@@H]1O[C@@H]([C@@H](CF)OC(C)=O)[C@H](OC(C)=O)[C@H]1OC(C)=O. The van der Waals surface area contributed by atoms with Gasteiger partial charge >= 0.3 is 23.9 Å². The molecule has 1 fully saturated rings. The van der Waals surface area contributed by atoms with Crippen molar-refractivity contribution >= 4 is 23.9 Å². The summed E-state index contributed by atoms with van der Waals surface area (Å²) in [5.41, 5.74) is 0. The monoisotopic (exact) mass is 350 g/mol. The molecule has 0 bridgehead atoms. The zero-order chi connectivity index (χ0) is 18.4. The molecule has 1 heterocycles. The first-order chi connectivity index (χ1) is 11.1. The van der Waals surface area contributed by atoms with E-state index in [1.165, 1.54) is 0 Å². The Labute approximate surface area is 137 Å². The van der Waals surface area contributed by atoms with Gasteiger partial charge in [-0.15, -0.1) is 0 Å². The molecule has 5 atom stereocenters. The molecule has 1 aliphatic rings. The number of halogens is 1. The molecular weight excluding hydrogens is 331 g/mol. The van der Waals surface area contributed by atoms with E-state index in [2.05, 4.69) is 0 Å². The van der Waals surface area contributed by atoms with Crippen molar-refractivity contribution in [3.05, 3.63) is 0 Å². The number of esters is 4. The molecule has 0 spiro atoms. The van der Waals surface area contributed by atoms with E-state index in [9.17, 15) is 23.6 Å². The van der Waals surface area contributed by atoms with Crippen molar-refractivity contribution < 1.29 is 47.3 Å². The van der Waals surface area contributed by atoms with Gasteiger partial charge in [0.15, 0.2) is 12.2 Å². The van der Waals surface area contributed by atoms with E-state index in [0.29, 0.717) is 0 Å². The second-order valence-corrected chi connectivity index (χ2v) is 5.03. The Hall–Kier alpha value is -2.23. The van der Waals surface area contributed by atoms with Crippen molar-refractivity contribution in [1.82, 2.24) is 0 Å². The molecule has 0 aromatic heterocycles. The highest BCUT2D eigenvalue weighted by atomic mass is 19.1. The number of ether oxygens (including phenoxy) is 5. The summed E-state index contributed by atoms with van der Waals surface area (Å²) < 4.78 is 38.3. The van der Waals surface area contributed by atoms with Gasteiger partial charge in [-0.05, 0) is 0 Å². The van der Waals surface area contributed by atoms with Gasteiger partial charge in [0.2, 0.25) is 12.4 Å². The Kier molecular flexibility index (Phi) is 7.08. The van der Waals surface area contributed by atoms with Crippen LogP contribution < -0.4 is 0 Å². The van der Waals surface area contributed by atoms with Crippen molar-refractivity contribution in [2.45, 2.75) is 58.4 Å². The molecule has 0 saturated carbocycles. The number of rotatable bonds is 6. The number of hydrogen-bond donors (Lipinski definition) is 0. The van der Waals surface area contributed by atoms with Crippen LogP contribution in [0.4, 0.5) is 4.39 Å². The Balaban J connectivity index is 3.13. The van der Waals surface area contributed by atoms with Crippen LogP contribution >= 0.6 is 0 Å². The van der Waals surface area contributed by atoms with Crippen LogP contribution in [0.3, 0.4) is 0 Å². The third-order valence-corrected chi connectivity index (χ3v) is 2.93.